The zero-order valence-corrected chi connectivity index (χ0v) is 7.10. The summed E-state index contributed by atoms with van der Waals surface area (Å²) in [5, 5.41) is 2.86. The van der Waals surface area contributed by atoms with Gasteiger partial charge in [-0.2, -0.15) is 0 Å². The summed E-state index contributed by atoms with van der Waals surface area (Å²) in [6.07, 6.45) is 4.76. The molecule has 0 aromatic rings. The quantitative estimate of drug-likeness (QED) is 0.561. The molecule has 2 amide bonds. The summed E-state index contributed by atoms with van der Waals surface area (Å²) < 4.78 is 0. The summed E-state index contributed by atoms with van der Waals surface area (Å²) in [4.78, 5) is 12.9. The van der Waals surface area contributed by atoms with Crippen LogP contribution in [0.3, 0.4) is 0 Å². The van der Waals surface area contributed by atoms with Gasteiger partial charge < -0.3 is 10.2 Å². The van der Waals surface area contributed by atoms with Gasteiger partial charge in [0, 0.05) is 20.1 Å². The molecule has 1 N–H and O–H groups in total. The zero-order chi connectivity index (χ0) is 8.10. The maximum atomic E-state index is 11.1. The highest BCUT2D eigenvalue weighted by atomic mass is 16.2. The molecule has 0 aliphatic carbocycles. The molecule has 1 aliphatic heterocycles. The van der Waals surface area contributed by atoms with E-state index >= 15 is 0 Å². The Morgan fingerprint density at radius 2 is 2.00 bits per heavy atom. The highest BCUT2D eigenvalue weighted by Gasteiger charge is 2.08. The van der Waals surface area contributed by atoms with E-state index < -0.39 is 0 Å². The second-order valence-electron chi connectivity index (χ2n) is 3.07. The fraction of sp³-hybridized carbons (Fsp3) is 0.875. The van der Waals surface area contributed by atoms with Crippen LogP contribution in [0, 0.1) is 0 Å². The van der Waals surface area contributed by atoms with Crippen LogP contribution in [-0.4, -0.2) is 31.1 Å². The normalized spacial score (nSPS) is 21.5. The van der Waals surface area contributed by atoms with Gasteiger partial charge in [-0.05, 0) is 12.8 Å². The molecular formula is C8H16N2O. The Kier molecular flexibility index (Phi) is 3.20. The van der Waals surface area contributed by atoms with E-state index in [1.807, 2.05) is 7.05 Å². The zero-order valence-electron chi connectivity index (χ0n) is 7.10. The fourth-order valence-corrected chi connectivity index (χ4v) is 1.26. The summed E-state index contributed by atoms with van der Waals surface area (Å²) in [5.41, 5.74) is 0. The van der Waals surface area contributed by atoms with Crippen LogP contribution in [0.4, 0.5) is 4.79 Å². The first-order valence-electron chi connectivity index (χ1n) is 4.29. The van der Waals surface area contributed by atoms with Crippen molar-refractivity contribution in [1.82, 2.24) is 10.2 Å². The van der Waals surface area contributed by atoms with Crippen LogP contribution in [0.15, 0.2) is 0 Å². The van der Waals surface area contributed by atoms with E-state index in [-0.39, 0.29) is 6.03 Å². The smallest absolute Gasteiger partial charge is 0.317 e. The molecule has 0 aromatic heterocycles. The van der Waals surface area contributed by atoms with Crippen LogP contribution in [0.2, 0.25) is 0 Å². The van der Waals surface area contributed by atoms with Crippen molar-refractivity contribution in [3.8, 4) is 0 Å². The first kappa shape index (κ1) is 8.37. The average molecular weight is 156 g/mol. The third kappa shape index (κ3) is 2.78. The lowest BCUT2D eigenvalue weighted by Crippen LogP contribution is -2.37. The van der Waals surface area contributed by atoms with Gasteiger partial charge in [-0.25, -0.2) is 4.79 Å². The van der Waals surface area contributed by atoms with Crippen molar-refractivity contribution in [2.24, 2.45) is 0 Å². The van der Waals surface area contributed by atoms with E-state index in [1.165, 1.54) is 12.8 Å². The monoisotopic (exact) mass is 156 g/mol. The molecule has 1 rings (SSSR count). The maximum Gasteiger partial charge on any atom is 0.317 e. The molecule has 11 heavy (non-hydrogen) atoms. The Balaban J connectivity index is 2.35. The van der Waals surface area contributed by atoms with Crippen molar-refractivity contribution >= 4 is 6.03 Å². The predicted molar refractivity (Wildman–Crippen MR) is 44.5 cm³/mol. The minimum Gasteiger partial charge on any atom is -0.338 e. The molecule has 1 fully saturated rings. The lowest BCUT2D eigenvalue weighted by molar-refractivity contribution is 0.209. The molecule has 0 unspecified atom stereocenters. The van der Waals surface area contributed by atoms with Gasteiger partial charge in [0.2, 0.25) is 0 Å². The number of hydrogen-bond acceptors (Lipinski definition) is 1. The van der Waals surface area contributed by atoms with Gasteiger partial charge in [0.05, 0.1) is 0 Å². The predicted octanol–water partition coefficient (Wildman–Crippen LogP) is 1.20. The van der Waals surface area contributed by atoms with E-state index in [2.05, 4.69) is 5.32 Å². The van der Waals surface area contributed by atoms with E-state index in [9.17, 15) is 4.79 Å². The van der Waals surface area contributed by atoms with Crippen LogP contribution in [0.25, 0.3) is 0 Å². The number of nitrogens with zero attached hydrogens (tertiary/aromatic N) is 1. The number of hydrogen-bond donors (Lipinski definition) is 1. The lowest BCUT2D eigenvalue weighted by Gasteiger charge is -2.15. The number of carbonyl (C=O) groups excluding carboxylic acids is 1. The van der Waals surface area contributed by atoms with Crippen LogP contribution < -0.4 is 5.32 Å². The van der Waals surface area contributed by atoms with Crippen molar-refractivity contribution in [3.05, 3.63) is 0 Å². The summed E-state index contributed by atoms with van der Waals surface area (Å²) in [7, 11) is 1.85. The molecule has 0 saturated carbocycles. The van der Waals surface area contributed by atoms with Crippen molar-refractivity contribution in [2.45, 2.75) is 25.7 Å². The molecule has 0 aromatic carbocycles. The highest BCUT2D eigenvalue weighted by Crippen LogP contribution is 2.02. The summed E-state index contributed by atoms with van der Waals surface area (Å²) in [5.74, 6) is 0. The molecule has 1 aliphatic rings. The molecular weight excluding hydrogens is 140 g/mol. The first-order chi connectivity index (χ1) is 5.30. The minimum atomic E-state index is 0.0758. The van der Waals surface area contributed by atoms with Gasteiger partial charge in [-0.1, -0.05) is 12.8 Å². The van der Waals surface area contributed by atoms with Gasteiger partial charge in [0.15, 0.2) is 0 Å². The van der Waals surface area contributed by atoms with Crippen molar-refractivity contribution in [3.63, 3.8) is 0 Å². The standard InChI is InChI=1S/C8H16N2O/c1-10-7-5-3-2-4-6-9-8(10)11/h2-7H2,1H3,(H,9,11). The largest absolute Gasteiger partial charge is 0.338 e. The van der Waals surface area contributed by atoms with Crippen LogP contribution >= 0.6 is 0 Å². The second kappa shape index (κ2) is 4.21. The van der Waals surface area contributed by atoms with E-state index in [0.29, 0.717) is 0 Å². The van der Waals surface area contributed by atoms with Gasteiger partial charge in [0.1, 0.15) is 0 Å². The van der Waals surface area contributed by atoms with E-state index in [4.69, 9.17) is 0 Å². The average Bonchev–Trinajstić information content (AvgIpc) is 2.07. The van der Waals surface area contributed by atoms with Gasteiger partial charge >= 0.3 is 6.03 Å². The van der Waals surface area contributed by atoms with Crippen molar-refractivity contribution < 1.29 is 4.79 Å². The van der Waals surface area contributed by atoms with Crippen molar-refractivity contribution in [2.75, 3.05) is 20.1 Å². The molecule has 3 heteroatoms. The molecule has 0 atom stereocenters. The topological polar surface area (TPSA) is 32.3 Å². The fourth-order valence-electron chi connectivity index (χ4n) is 1.26. The number of rotatable bonds is 0. The molecule has 0 radical (unpaired) electrons. The van der Waals surface area contributed by atoms with Gasteiger partial charge in [-0.3, -0.25) is 0 Å². The molecule has 1 saturated heterocycles. The summed E-state index contributed by atoms with van der Waals surface area (Å²) >= 11 is 0. The Morgan fingerprint density at radius 1 is 1.27 bits per heavy atom. The lowest BCUT2D eigenvalue weighted by atomic mass is 10.2. The number of nitrogens with one attached hydrogen (secondary N) is 1. The Bertz CT molecular complexity index is 136. The van der Waals surface area contributed by atoms with Gasteiger partial charge in [0.25, 0.3) is 0 Å². The first-order valence-corrected chi connectivity index (χ1v) is 4.29. The Morgan fingerprint density at radius 3 is 2.82 bits per heavy atom. The van der Waals surface area contributed by atoms with Crippen LogP contribution in [0.1, 0.15) is 25.7 Å². The summed E-state index contributed by atoms with van der Waals surface area (Å²) in [6, 6.07) is 0.0758. The van der Waals surface area contributed by atoms with Gasteiger partial charge in [-0.15, -0.1) is 0 Å². The maximum absolute atomic E-state index is 11.1. The number of carbonyl (C=O) groups is 1. The van der Waals surface area contributed by atoms with E-state index in [0.717, 1.165) is 25.9 Å². The highest BCUT2D eigenvalue weighted by molar-refractivity contribution is 5.73. The van der Waals surface area contributed by atoms with E-state index in [1.54, 1.807) is 4.90 Å². The number of amides is 2. The molecule has 0 spiro atoms. The minimum absolute atomic E-state index is 0.0758. The number of urea groups is 1. The van der Waals surface area contributed by atoms with Crippen LogP contribution in [0.5, 0.6) is 0 Å². The molecule has 0 bridgehead atoms. The summed E-state index contributed by atoms with van der Waals surface area (Å²) in [6.45, 7) is 1.73. The van der Waals surface area contributed by atoms with Crippen LogP contribution in [-0.2, 0) is 0 Å². The SMILES string of the molecule is CN1CCCCCCNC1=O. The third-order valence-electron chi connectivity index (χ3n) is 2.04. The molecule has 1 heterocycles. The van der Waals surface area contributed by atoms with Crippen molar-refractivity contribution in [1.29, 1.82) is 0 Å². The second-order valence-corrected chi connectivity index (χ2v) is 3.07. The Labute approximate surface area is 67.8 Å². The molecule has 3 nitrogen and oxygen atoms in total. The molecule has 64 valence electrons. The third-order valence-corrected chi connectivity index (χ3v) is 2.04. The Hall–Kier alpha value is -0.730.